The van der Waals surface area contributed by atoms with Crippen LogP contribution < -0.4 is 10.6 Å². The Morgan fingerprint density at radius 2 is 1.91 bits per heavy atom. The molecular weight excluding hydrogens is 539 g/mol. The van der Waals surface area contributed by atoms with Crippen molar-refractivity contribution in [1.29, 1.82) is 0 Å². The molecule has 180 valence electrons. The standard InChI is InChI=1S/C22H30N6O4.HI/c1-26(2)21(29)16-25-22(23-14-17-7-9-18(10-8-17)28(30)31)24-15-19(20-6-5-13-32-20)27-11-3-4-12-27;/h5-10,13,19H,3-4,11-12,14-16H2,1-2H3,(H2,23,24,25);1H. The highest BCUT2D eigenvalue weighted by atomic mass is 127. The van der Waals surface area contributed by atoms with Crippen LogP contribution in [0.5, 0.6) is 0 Å². The third-order valence-corrected chi connectivity index (χ3v) is 5.39. The lowest BCUT2D eigenvalue weighted by Gasteiger charge is -2.27. The first-order chi connectivity index (χ1) is 15.4. The van der Waals surface area contributed by atoms with Crippen molar-refractivity contribution < 1.29 is 14.1 Å². The molecule has 2 heterocycles. The summed E-state index contributed by atoms with van der Waals surface area (Å²) in [7, 11) is 3.40. The molecule has 11 heteroatoms. The van der Waals surface area contributed by atoms with Crippen molar-refractivity contribution >= 4 is 41.5 Å². The number of non-ortho nitro benzene ring substituents is 1. The zero-order valence-corrected chi connectivity index (χ0v) is 21.2. The number of hydrogen-bond acceptors (Lipinski definition) is 6. The van der Waals surface area contributed by atoms with Crippen molar-refractivity contribution in [2.24, 2.45) is 4.99 Å². The number of aliphatic imine (C=N–C) groups is 1. The number of carbonyl (C=O) groups excluding carboxylic acids is 1. The van der Waals surface area contributed by atoms with Gasteiger partial charge in [0.2, 0.25) is 5.91 Å². The summed E-state index contributed by atoms with van der Waals surface area (Å²) < 4.78 is 5.67. The van der Waals surface area contributed by atoms with E-state index in [-0.39, 0.29) is 48.2 Å². The van der Waals surface area contributed by atoms with E-state index < -0.39 is 4.92 Å². The highest BCUT2D eigenvalue weighted by Crippen LogP contribution is 2.24. The average Bonchev–Trinajstić information content (AvgIpc) is 3.50. The van der Waals surface area contributed by atoms with Crippen molar-refractivity contribution in [3.63, 3.8) is 0 Å². The predicted molar refractivity (Wildman–Crippen MR) is 137 cm³/mol. The normalized spacial score (nSPS) is 14.9. The number of furan rings is 1. The first-order valence-electron chi connectivity index (χ1n) is 10.7. The van der Waals surface area contributed by atoms with E-state index in [1.165, 1.54) is 17.0 Å². The summed E-state index contributed by atoms with van der Waals surface area (Å²) in [6.45, 7) is 3.01. The summed E-state index contributed by atoms with van der Waals surface area (Å²) in [6.07, 6.45) is 4.00. The molecule has 1 aliphatic heterocycles. The molecule has 1 saturated heterocycles. The Labute approximate surface area is 210 Å². The lowest BCUT2D eigenvalue weighted by Crippen LogP contribution is -2.45. The number of likely N-dealkylation sites (tertiary alicyclic amines) is 1. The van der Waals surface area contributed by atoms with Gasteiger partial charge in [-0.05, 0) is 43.6 Å². The largest absolute Gasteiger partial charge is 0.468 e. The SMILES string of the molecule is CN(C)C(=O)CNC(=NCc1ccc([N+](=O)[O-])cc1)NCC(c1ccco1)N1CCCC1.I. The van der Waals surface area contributed by atoms with Crippen LogP contribution in [0.1, 0.15) is 30.2 Å². The quantitative estimate of drug-likeness (QED) is 0.157. The average molecular weight is 570 g/mol. The van der Waals surface area contributed by atoms with Crippen LogP contribution in [0.15, 0.2) is 52.1 Å². The molecule has 0 aliphatic carbocycles. The number of nitro benzene ring substituents is 1. The Balaban J connectivity index is 0.00000385. The van der Waals surface area contributed by atoms with Gasteiger partial charge in [-0.3, -0.25) is 19.8 Å². The maximum atomic E-state index is 12.1. The lowest BCUT2D eigenvalue weighted by atomic mass is 10.2. The van der Waals surface area contributed by atoms with Crippen molar-refractivity contribution in [3.05, 3.63) is 64.1 Å². The van der Waals surface area contributed by atoms with Gasteiger partial charge >= 0.3 is 0 Å². The van der Waals surface area contributed by atoms with Gasteiger partial charge in [0, 0.05) is 32.8 Å². The van der Waals surface area contributed by atoms with E-state index in [2.05, 4.69) is 20.5 Å². The molecule has 1 aliphatic rings. The first-order valence-corrected chi connectivity index (χ1v) is 10.7. The van der Waals surface area contributed by atoms with Crippen LogP contribution >= 0.6 is 24.0 Å². The molecule has 0 spiro atoms. The Bertz CT molecular complexity index is 911. The monoisotopic (exact) mass is 570 g/mol. The van der Waals surface area contributed by atoms with Crippen molar-refractivity contribution in [3.8, 4) is 0 Å². The lowest BCUT2D eigenvalue weighted by molar-refractivity contribution is -0.384. The van der Waals surface area contributed by atoms with Gasteiger partial charge in [-0.2, -0.15) is 0 Å². The molecule has 1 fully saturated rings. The van der Waals surface area contributed by atoms with E-state index in [0.717, 1.165) is 37.3 Å². The Kier molecular flexibility index (Phi) is 10.6. The molecule has 2 N–H and O–H groups in total. The molecular formula is C22H31IN6O4. The molecule has 3 rings (SSSR count). The van der Waals surface area contributed by atoms with Gasteiger partial charge in [0.15, 0.2) is 5.96 Å². The Hall–Kier alpha value is -2.67. The van der Waals surface area contributed by atoms with Gasteiger partial charge in [0.1, 0.15) is 5.76 Å². The number of benzene rings is 1. The Morgan fingerprint density at radius 1 is 1.21 bits per heavy atom. The van der Waals surface area contributed by atoms with E-state index in [1.807, 2.05) is 12.1 Å². The van der Waals surface area contributed by atoms with Gasteiger partial charge in [-0.15, -0.1) is 24.0 Å². The maximum Gasteiger partial charge on any atom is 0.269 e. The molecule has 10 nitrogen and oxygen atoms in total. The van der Waals surface area contributed by atoms with Crippen LogP contribution in [-0.2, 0) is 11.3 Å². The number of carbonyl (C=O) groups is 1. The van der Waals surface area contributed by atoms with E-state index in [4.69, 9.17) is 4.42 Å². The number of amides is 1. The number of nitrogens with zero attached hydrogens (tertiary/aromatic N) is 4. The molecule has 0 bridgehead atoms. The number of nitro groups is 1. The van der Waals surface area contributed by atoms with Gasteiger partial charge < -0.3 is 20.0 Å². The van der Waals surface area contributed by atoms with Crippen LogP contribution in [-0.4, -0.2) is 66.9 Å². The molecule has 1 aromatic carbocycles. The molecule has 1 aromatic heterocycles. The summed E-state index contributed by atoms with van der Waals surface area (Å²) >= 11 is 0. The van der Waals surface area contributed by atoms with Gasteiger partial charge in [-0.1, -0.05) is 12.1 Å². The smallest absolute Gasteiger partial charge is 0.269 e. The summed E-state index contributed by atoms with van der Waals surface area (Å²) in [6, 6.07) is 10.2. The predicted octanol–water partition coefficient (Wildman–Crippen LogP) is 2.77. The second kappa shape index (κ2) is 13.1. The second-order valence-corrected chi connectivity index (χ2v) is 7.89. The summed E-state index contributed by atoms with van der Waals surface area (Å²) in [4.78, 5) is 30.9. The highest BCUT2D eigenvalue weighted by Gasteiger charge is 2.25. The summed E-state index contributed by atoms with van der Waals surface area (Å²) in [5, 5.41) is 17.3. The van der Waals surface area contributed by atoms with E-state index >= 15 is 0 Å². The number of hydrogen-bond donors (Lipinski definition) is 2. The third-order valence-electron chi connectivity index (χ3n) is 5.39. The number of halogens is 1. The maximum absolute atomic E-state index is 12.1. The Morgan fingerprint density at radius 3 is 2.48 bits per heavy atom. The second-order valence-electron chi connectivity index (χ2n) is 7.89. The van der Waals surface area contributed by atoms with E-state index in [9.17, 15) is 14.9 Å². The van der Waals surface area contributed by atoms with Crippen LogP contribution in [0.3, 0.4) is 0 Å². The molecule has 1 amide bonds. The minimum absolute atomic E-state index is 0. The minimum atomic E-state index is -0.429. The fraction of sp³-hybridized carbons (Fsp3) is 0.455. The first kappa shape index (κ1) is 26.6. The van der Waals surface area contributed by atoms with E-state index in [0.29, 0.717) is 19.0 Å². The van der Waals surface area contributed by atoms with Crippen LogP contribution in [0.25, 0.3) is 0 Å². The molecule has 33 heavy (non-hydrogen) atoms. The van der Waals surface area contributed by atoms with Crippen molar-refractivity contribution in [2.45, 2.75) is 25.4 Å². The molecule has 0 radical (unpaired) electrons. The topological polar surface area (TPSA) is 116 Å². The van der Waals surface area contributed by atoms with Crippen LogP contribution in [0.2, 0.25) is 0 Å². The number of likely N-dealkylation sites (N-methyl/N-ethyl adjacent to an activating group) is 1. The number of nitrogens with one attached hydrogen (secondary N) is 2. The van der Waals surface area contributed by atoms with Crippen molar-refractivity contribution in [1.82, 2.24) is 20.4 Å². The number of rotatable bonds is 9. The molecule has 0 saturated carbocycles. The van der Waals surface area contributed by atoms with Crippen molar-refractivity contribution in [2.75, 3.05) is 40.3 Å². The summed E-state index contributed by atoms with van der Waals surface area (Å²) in [5.41, 5.74) is 0.871. The highest BCUT2D eigenvalue weighted by molar-refractivity contribution is 14.0. The third kappa shape index (κ3) is 8.00. The number of guanidine groups is 1. The molecule has 2 aromatic rings. The van der Waals surface area contributed by atoms with Gasteiger partial charge in [0.05, 0.1) is 30.3 Å². The van der Waals surface area contributed by atoms with Crippen LogP contribution in [0.4, 0.5) is 5.69 Å². The van der Waals surface area contributed by atoms with Gasteiger partial charge in [-0.25, -0.2) is 4.99 Å². The zero-order chi connectivity index (χ0) is 22.9. The summed E-state index contributed by atoms with van der Waals surface area (Å²) in [5.74, 6) is 1.31. The molecule has 1 atom stereocenters. The minimum Gasteiger partial charge on any atom is -0.468 e. The zero-order valence-electron chi connectivity index (χ0n) is 18.9. The van der Waals surface area contributed by atoms with Gasteiger partial charge in [0.25, 0.3) is 5.69 Å². The van der Waals surface area contributed by atoms with Crippen LogP contribution in [0, 0.1) is 10.1 Å². The van der Waals surface area contributed by atoms with E-state index in [1.54, 1.807) is 32.5 Å². The molecule has 1 unspecified atom stereocenters. The fourth-order valence-electron chi connectivity index (χ4n) is 3.52. The fourth-order valence-corrected chi connectivity index (χ4v) is 3.52.